The lowest BCUT2D eigenvalue weighted by Crippen LogP contribution is -2.11. The standard InChI is InChI=1S/C33H28ClNO7/c1-20(2)41-25-10-12-26(13-11-25)42-27-14-15-29-28(17-27)32(33(38)39)30(18-31(36)37)35(29)23-6-8-24(9-7-23)40-19-21-4-3-5-22(34)16-21/h3-17,20H,18-19H2,1-2H3,(H,36,37)(H,38,39). The summed E-state index contributed by atoms with van der Waals surface area (Å²) in [6, 6.07) is 26.5. The number of carbonyl (C=O) groups is 2. The van der Waals surface area contributed by atoms with Gasteiger partial charge in [0.25, 0.3) is 0 Å². The molecule has 0 amide bonds. The van der Waals surface area contributed by atoms with E-state index in [1.54, 1.807) is 77.4 Å². The smallest absolute Gasteiger partial charge is 0.338 e. The van der Waals surface area contributed by atoms with E-state index in [4.69, 9.17) is 25.8 Å². The minimum atomic E-state index is -1.23. The lowest BCUT2D eigenvalue weighted by Gasteiger charge is -2.13. The summed E-state index contributed by atoms with van der Waals surface area (Å²) in [5, 5.41) is 20.8. The van der Waals surface area contributed by atoms with Gasteiger partial charge in [0.2, 0.25) is 0 Å². The van der Waals surface area contributed by atoms with Crippen LogP contribution in [0.15, 0.2) is 91.0 Å². The monoisotopic (exact) mass is 585 g/mol. The Balaban J connectivity index is 1.49. The van der Waals surface area contributed by atoms with Gasteiger partial charge in [-0.3, -0.25) is 4.79 Å². The van der Waals surface area contributed by atoms with Crippen LogP contribution in [0.1, 0.15) is 35.5 Å². The summed E-state index contributed by atoms with van der Waals surface area (Å²) in [7, 11) is 0. The molecule has 2 N–H and O–H groups in total. The van der Waals surface area contributed by atoms with Gasteiger partial charge in [-0.2, -0.15) is 0 Å². The van der Waals surface area contributed by atoms with Crippen LogP contribution in [0.4, 0.5) is 0 Å². The van der Waals surface area contributed by atoms with Crippen molar-refractivity contribution in [3.8, 4) is 28.7 Å². The van der Waals surface area contributed by atoms with E-state index in [0.29, 0.717) is 51.2 Å². The van der Waals surface area contributed by atoms with E-state index in [1.807, 2.05) is 32.0 Å². The fourth-order valence-electron chi connectivity index (χ4n) is 4.71. The molecule has 4 aromatic carbocycles. The second-order valence-corrected chi connectivity index (χ2v) is 10.3. The summed E-state index contributed by atoms with van der Waals surface area (Å²) in [5.41, 5.74) is 2.08. The van der Waals surface area contributed by atoms with E-state index in [-0.39, 0.29) is 17.4 Å². The first-order chi connectivity index (χ1) is 20.2. The lowest BCUT2D eigenvalue weighted by molar-refractivity contribution is -0.136. The summed E-state index contributed by atoms with van der Waals surface area (Å²) >= 11 is 6.05. The molecular formula is C33H28ClNO7. The minimum Gasteiger partial charge on any atom is -0.491 e. The quantitative estimate of drug-likeness (QED) is 0.163. The predicted octanol–water partition coefficient (Wildman–Crippen LogP) is 7.77. The highest BCUT2D eigenvalue weighted by Crippen LogP contribution is 2.35. The van der Waals surface area contributed by atoms with Crippen molar-refractivity contribution >= 4 is 34.4 Å². The number of hydrogen-bond donors (Lipinski definition) is 2. The topological polar surface area (TPSA) is 107 Å². The number of aliphatic carboxylic acids is 1. The summed E-state index contributed by atoms with van der Waals surface area (Å²) in [5.74, 6) is -0.134. The fourth-order valence-corrected chi connectivity index (χ4v) is 4.92. The molecular weight excluding hydrogens is 558 g/mol. The molecule has 5 aromatic rings. The van der Waals surface area contributed by atoms with Gasteiger partial charge in [0, 0.05) is 21.8 Å². The van der Waals surface area contributed by atoms with Gasteiger partial charge in [0.15, 0.2) is 0 Å². The zero-order chi connectivity index (χ0) is 29.8. The van der Waals surface area contributed by atoms with Crippen molar-refractivity contribution in [1.82, 2.24) is 4.57 Å². The average Bonchev–Trinajstić information content (AvgIpc) is 3.25. The molecule has 9 heteroatoms. The minimum absolute atomic E-state index is 0.0373. The third kappa shape index (κ3) is 6.50. The molecule has 0 atom stereocenters. The Hall–Kier alpha value is -4.95. The van der Waals surface area contributed by atoms with Gasteiger partial charge in [0.05, 0.1) is 23.6 Å². The number of ether oxygens (including phenoxy) is 3. The van der Waals surface area contributed by atoms with E-state index in [2.05, 4.69) is 0 Å². The van der Waals surface area contributed by atoms with Gasteiger partial charge in [0.1, 0.15) is 29.6 Å². The van der Waals surface area contributed by atoms with Crippen LogP contribution >= 0.6 is 11.6 Å². The zero-order valence-corrected chi connectivity index (χ0v) is 23.7. The number of aromatic nitrogens is 1. The molecule has 0 saturated heterocycles. The number of carboxylic acids is 2. The number of nitrogens with zero attached hydrogens (tertiary/aromatic N) is 1. The molecule has 214 valence electrons. The van der Waals surface area contributed by atoms with Crippen LogP contribution in [-0.4, -0.2) is 32.8 Å². The SMILES string of the molecule is CC(C)Oc1ccc(Oc2ccc3c(c2)c(C(=O)O)c(CC(=O)O)n3-c2ccc(OCc3cccc(Cl)c3)cc2)cc1. The van der Waals surface area contributed by atoms with Gasteiger partial charge in [-0.15, -0.1) is 0 Å². The number of halogens is 1. The molecule has 0 aliphatic heterocycles. The van der Waals surface area contributed by atoms with E-state index in [0.717, 1.165) is 5.56 Å². The number of rotatable bonds is 11. The second kappa shape index (κ2) is 12.3. The summed E-state index contributed by atoms with van der Waals surface area (Å²) in [6.07, 6.45) is -0.452. The van der Waals surface area contributed by atoms with Gasteiger partial charge < -0.3 is 29.0 Å². The van der Waals surface area contributed by atoms with Crippen LogP contribution in [0, 0.1) is 0 Å². The number of carboxylic acid groups (broad SMARTS) is 2. The van der Waals surface area contributed by atoms with Gasteiger partial charge in [-0.05, 0) is 98.3 Å². The highest BCUT2D eigenvalue weighted by atomic mass is 35.5. The van der Waals surface area contributed by atoms with Crippen molar-refractivity contribution in [2.24, 2.45) is 0 Å². The Labute approximate surface area is 247 Å². The molecule has 0 aliphatic rings. The summed E-state index contributed by atoms with van der Waals surface area (Å²) in [6.45, 7) is 4.19. The summed E-state index contributed by atoms with van der Waals surface area (Å²) < 4.78 is 19.2. The van der Waals surface area contributed by atoms with Crippen LogP contribution in [0.5, 0.6) is 23.0 Å². The van der Waals surface area contributed by atoms with Crippen molar-refractivity contribution < 1.29 is 34.0 Å². The van der Waals surface area contributed by atoms with Gasteiger partial charge >= 0.3 is 11.9 Å². The second-order valence-electron chi connectivity index (χ2n) is 9.86. The van der Waals surface area contributed by atoms with E-state index in [9.17, 15) is 19.8 Å². The lowest BCUT2D eigenvalue weighted by atomic mass is 10.1. The predicted molar refractivity (Wildman–Crippen MR) is 160 cm³/mol. The van der Waals surface area contributed by atoms with Crippen LogP contribution < -0.4 is 14.2 Å². The van der Waals surface area contributed by atoms with Crippen molar-refractivity contribution in [2.45, 2.75) is 33.0 Å². The first kappa shape index (κ1) is 28.6. The van der Waals surface area contributed by atoms with Crippen LogP contribution in [0.25, 0.3) is 16.6 Å². The molecule has 1 aromatic heterocycles. The third-order valence-corrected chi connectivity index (χ3v) is 6.63. The molecule has 0 unspecified atom stereocenters. The van der Waals surface area contributed by atoms with Crippen molar-refractivity contribution in [2.75, 3.05) is 0 Å². The zero-order valence-electron chi connectivity index (χ0n) is 22.9. The van der Waals surface area contributed by atoms with E-state index >= 15 is 0 Å². The first-order valence-corrected chi connectivity index (χ1v) is 13.6. The molecule has 5 rings (SSSR count). The van der Waals surface area contributed by atoms with Gasteiger partial charge in [-0.25, -0.2) is 4.79 Å². The van der Waals surface area contributed by atoms with Crippen LogP contribution in [0.2, 0.25) is 5.02 Å². The number of fused-ring (bicyclic) bond motifs is 1. The molecule has 0 aliphatic carbocycles. The normalized spacial score (nSPS) is 11.0. The maximum atomic E-state index is 12.5. The van der Waals surface area contributed by atoms with Crippen LogP contribution in [-0.2, 0) is 17.8 Å². The van der Waals surface area contributed by atoms with Crippen molar-refractivity contribution in [3.05, 3.63) is 113 Å². The molecule has 0 radical (unpaired) electrons. The molecule has 0 spiro atoms. The largest absolute Gasteiger partial charge is 0.491 e. The highest BCUT2D eigenvalue weighted by Gasteiger charge is 2.25. The van der Waals surface area contributed by atoms with Gasteiger partial charge in [-0.1, -0.05) is 23.7 Å². The maximum absolute atomic E-state index is 12.5. The van der Waals surface area contributed by atoms with Crippen molar-refractivity contribution in [3.63, 3.8) is 0 Å². The molecule has 42 heavy (non-hydrogen) atoms. The Bertz CT molecular complexity index is 1740. The highest BCUT2D eigenvalue weighted by molar-refractivity contribution is 6.30. The summed E-state index contributed by atoms with van der Waals surface area (Å²) in [4.78, 5) is 24.3. The van der Waals surface area contributed by atoms with E-state index < -0.39 is 18.4 Å². The van der Waals surface area contributed by atoms with Crippen molar-refractivity contribution in [1.29, 1.82) is 0 Å². The van der Waals surface area contributed by atoms with E-state index in [1.165, 1.54) is 0 Å². The number of aromatic carboxylic acids is 1. The molecule has 0 saturated carbocycles. The maximum Gasteiger partial charge on any atom is 0.338 e. The molecule has 8 nitrogen and oxygen atoms in total. The Morgan fingerprint density at radius 1 is 0.833 bits per heavy atom. The average molecular weight is 586 g/mol. The molecule has 1 heterocycles. The number of benzene rings is 4. The fraction of sp³-hybridized carbons (Fsp3) is 0.152. The third-order valence-electron chi connectivity index (χ3n) is 6.39. The molecule has 0 fully saturated rings. The Morgan fingerprint density at radius 3 is 2.14 bits per heavy atom. The Morgan fingerprint density at radius 2 is 1.50 bits per heavy atom. The first-order valence-electron chi connectivity index (χ1n) is 13.2. The number of hydrogen-bond acceptors (Lipinski definition) is 5. The van der Waals surface area contributed by atoms with Crippen LogP contribution in [0.3, 0.4) is 0 Å². The molecule has 0 bridgehead atoms. The Kier molecular flexibility index (Phi) is 8.36.